The number of hydrogen-bond donors (Lipinski definition) is 2. The molecule has 2 rings (SSSR count). The summed E-state index contributed by atoms with van der Waals surface area (Å²) >= 11 is 0. The van der Waals surface area contributed by atoms with Gasteiger partial charge in [-0.1, -0.05) is 13.8 Å². The lowest BCUT2D eigenvalue weighted by Gasteiger charge is -2.21. The molecule has 0 aliphatic heterocycles. The van der Waals surface area contributed by atoms with Crippen LogP contribution in [0.2, 0.25) is 0 Å². The summed E-state index contributed by atoms with van der Waals surface area (Å²) in [4.78, 5) is -0.361. The lowest BCUT2D eigenvalue weighted by Crippen LogP contribution is -2.40. The van der Waals surface area contributed by atoms with Crippen molar-refractivity contribution in [3.05, 3.63) is 41.0 Å². The SMILES string of the molecule is CCc1nn(C)c(CC)c1CNc1ccc(F)c(S(=O)(=O)NC(C)(C)C)c1. The van der Waals surface area contributed by atoms with E-state index in [4.69, 9.17) is 0 Å². The van der Waals surface area contributed by atoms with Gasteiger partial charge in [0.25, 0.3) is 0 Å². The van der Waals surface area contributed by atoms with Crippen molar-refractivity contribution in [1.29, 1.82) is 0 Å². The highest BCUT2D eigenvalue weighted by Gasteiger charge is 2.25. The van der Waals surface area contributed by atoms with Crippen LogP contribution in [0.25, 0.3) is 0 Å². The summed E-state index contributed by atoms with van der Waals surface area (Å²) in [6, 6.07) is 4.04. The molecule has 0 atom stereocenters. The molecule has 2 aromatic rings. The number of aryl methyl sites for hydroxylation is 2. The quantitative estimate of drug-likeness (QED) is 0.752. The zero-order valence-electron chi connectivity index (χ0n) is 16.9. The molecule has 27 heavy (non-hydrogen) atoms. The first-order valence-corrected chi connectivity index (χ1v) is 10.6. The Bertz CT molecular complexity index is 915. The van der Waals surface area contributed by atoms with Crippen LogP contribution in [0.15, 0.2) is 23.1 Å². The van der Waals surface area contributed by atoms with Gasteiger partial charge in [0.1, 0.15) is 10.7 Å². The predicted octanol–water partition coefficient (Wildman–Crippen LogP) is 3.37. The molecule has 0 saturated heterocycles. The molecule has 150 valence electrons. The van der Waals surface area contributed by atoms with Gasteiger partial charge < -0.3 is 5.32 Å². The number of aromatic nitrogens is 2. The monoisotopic (exact) mass is 396 g/mol. The summed E-state index contributed by atoms with van der Waals surface area (Å²) in [6.07, 6.45) is 1.66. The van der Waals surface area contributed by atoms with E-state index in [1.165, 1.54) is 12.1 Å². The number of sulfonamides is 1. The van der Waals surface area contributed by atoms with E-state index in [1.807, 2.05) is 18.7 Å². The predicted molar refractivity (Wildman–Crippen MR) is 106 cm³/mol. The van der Waals surface area contributed by atoms with Crippen molar-refractivity contribution in [2.75, 3.05) is 5.32 Å². The van der Waals surface area contributed by atoms with Crippen molar-refractivity contribution in [3.8, 4) is 0 Å². The highest BCUT2D eigenvalue weighted by Crippen LogP contribution is 2.23. The van der Waals surface area contributed by atoms with Gasteiger partial charge in [-0.15, -0.1) is 0 Å². The maximum atomic E-state index is 14.2. The molecule has 0 fully saturated rings. The fourth-order valence-corrected chi connectivity index (χ4v) is 4.58. The Hall–Kier alpha value is -1.93. The average Bonchev–Trinajstić information content (AvgIpc) is 2.86. The van der Waals surface area contributed by atoms with Gasteiger partial charge in [0, 0.05) is 36.1 Å². The molecule has 0 bridgehead atoms. The number of nitrogens with zero attached hydrogens (tertiary/aromatic N) is 2. The number of anilines is 1. The summed E-state index contributed by atoms with van der Waals surface area (Å²) in [5.41, 5.74) is 3.08. The Morgan fingerprint density at radius 3 is 2.41 bits per heavy atom. The van der Waals surface area contributed by atoms with Gasteiger partial charge in [-0.25, -0.2) is 17.5 Å². The lowest BCUT2D eigenvalue weighted by atomic mass is 10.1. The maximum absolute atomic E-state index is 14.2. The van der Waals surface area contributed by atoms with E-state index >= 15 is 0 Å². The first kappa shape index (κ1) is 21.4. The van der Waals surface area contributed by atoms with Crippen molar-refractivity contribution in [3.63, 3.8) is 0 Å². The van der Waals surface area contributed by atoms with E-state index in [0.29, 0.717) is 12.2 Å². The maximum Gasteiger partial charge on any atom is 0.244 e. The van der Waals surface area contributed by atoms with Crippen molar-refractivity contribution in [2.45, 2.75) is 64.4 Å². The van der Waals surface area contributed by atoms with E-state index in [0.717, 1.165) is 29.8 Å². The number of halogens is 1. The first-order chi connectivity index (χ1) is 12.5. The Morgan fingerprint density at radius 1 is 1.19 bits per heavy atom. The molecule has 0 spiro atoms. The molecule has 0 radical (unpaired) electrons. The zero-order chi connectivity index (χ0) is 20.4. The molecule has 0 unspecified atom stereocenters. The summed E-state index contributed by atoms with van der Waals surface area (Å²) < 4.78 is 43.6. The highest BCUT2D eigenvalue weighted by atomic mass is 32.2. The molecule has 0 aliphatic rings. The second-order valence-corrected chi connectivity index (χ2v) is 9.21. The molecule has 6 nitrogen and oxygen atoms in total. The third-order valence-corrected chi connectivity index (χ3v) is 5.93. The second-order valence-electron chi connectivity index (χ2n) is 7.56. The van der Waals surface area contributed by atoms with Crippen LogP contribution in [0.3, 0.4) is 0 Å². The van der Waals surface area contributed by atoms with Crippen LogP contribution in [-0.4, -0.2) is 23.7 Å². The largest absolute Gasteiger partial charge is 0.381 e. The lowest BCUT2D eigenvalue weighted by molar-refractivity contribution is 0.486. The molecular weight excluding hydrogens is 367 g/mol. The minimum absolute atomic E-state index is 0.361. The van der Waals surface area contributed by atoms with Crippen LogP contribution < -0.4 is 10.0 Å². The Balaban J connectivity index is 2.30. The van der Waals surface area contributed by atoms with Crippen molar-refractivity contribution in [2.24, 2.45) is 7.05 Å². The van der Waals surface area contributed by atoms with Gasteiger partial charge >= 0.3 is 0 Å². The van der Waals surface area contributed by atoms with Crippen LogP contribution in [0.5, 0.6) is 0 Å². The van der Waals surface area contributed by atoms with Crippen molar-refractivity contribution in [1.82, 2.24) is 14.5 Å². The number of hydrogen-bond acceptors (Lipinski definition) is 4. The number of rotatable bonds is 7. The molecule has 0 aliphatic carbocycles. The molecular formula is C19H29FN4O2S. The zero-order valence-corrected chi connectivity index (χ0v) is 17.7. The number of benzene rings is 1. The molecule has 2 N–H and O–H groups in total. The smallest absolute Gasteiger partial charge is 0.244 e. The summed E-state index contributed by atoms with van der Waals surface area (Å²) in [5.74, 6) is -0.776. The van der Waals surface area contributed by atoms with Gasteiger partial charge in [0.15, 0.2) is 0 Å². The minimum Gasteiger partial charge on any atom is -0.381 e. The van der Waals surface area contributed by atoms with E-state index in [9.17, 15) is 12.8 Å². The Kier molecular flexibility index (Phi) is 6.32. The van der Waals surface area contributed by atoms with Gasteiger partial charge in [0.2, 0.25) is 10.0 Å². The minimum atomic E-state index is -3.96. The summed E-state index contributed by atoms with van der Waals surface area (Å²) in [5, 5.41) is 7.75. The van der Waals surface area contributed by atoms with Crippen LogP contribution in [-0.2, 0) is 36.5 Å². The van der Waals surface area contributed by atoms with E-state index < -0.39 is 21.4 Å². The van der Waals surface area contributed by atoms with Crippen LogP contribution in [0.4, 0.5) is 10.1 Å². The second kappa shape index (κ2) is 7.98. The third kappa shape index (κ3) is 5.07. The topological polar surface area (TPSA) is 76.0 Å². The molecule has 1 aromatic heterocycles. The molecule has 0 amide bonds. The normalized spacial score (nSPS) is 12.4. The van der Waals surface area contributed by atoms with Crippen molar-refractivity contribution >= 4 is 15.7 Å². The highest BCUT2D eigenvalue weighted by molar-refractivity contribution is 7.89. The molecule has 1 aromatic carbocycles. The van der Waals surface area contributed by atoms with Crippen LogP contribution >= 0.6 is 0 Å². The van der Waals surface area contributed by atoms with Crippen LogP contribution in [0.1, 0.15) is 51.6 Å². The fraction of sp³-hybridized carbons (Fsp3) is 0.526. The van der Waals surface area contributed by atoms with Gasteiger partial charge in [-0.2, -0.15) is 5.10 Å². The van der Waals surface area contributed by atoms with Gasteiger partial charge in [-0.05, 0) is 51.8 Å². The van der Waals surface area contributed by atoms with E-state index in [2.05, 4.69) is 22.1 Å². The van der Waals surface area contributed by atoms with Gasteiger partial charge in [-0.3, -0.25) is 4.68 Å². The molecule has 1 heterocycles. The van der Waals surface area contributed by atoms with Crippen LogP contribution in [0, 0.1) is 5.82 Å². The van der Waals surface area contributed by atoms with Gasteiger partial charge in [0.05, 0.1) is 5.69 Å². The first-order valence-electron chi connectivity index (χ1n) is 9.09. The summed E-state index contributed by atoms with van der Waals surface area (Å²) in [7, 11) is -2.04. The van der Waals surface area contributed by atoms with E-state index in [1.54, 1.807) is 26.8 Å². The molecule has 8 heteroatoms. The summed E-state index contributed by atoms with van der Waals surface area (Å²) in [6.45, 7) is 9.76. The number of nitrogens with one attached hydrogen (secondary N) is 2. The average molecular weight is 397 g/mol. The van der Waals surface area contributed by atoms with E-state index in [-0.39, 0.29) is 4.90 Å². The Morgan fingerprint density at radius 2 is 1.85 bits per heavy atom. The standard InChI is InChI=1S/C19H29FN4O2S/c1-7-16-14(17(8-2)24(6)22-16)12-21-13-9-10-15(20)18(11-13)27(25,26)23-19(3,4)5/h9-11,21,23H,7-8,12H2,1-6H3. The third-order valence-electron chi connectivity index (χ3n) is 4.16. The fourth-order valence-electron chi connectivity index (χ4n) is 3.06. The molecule has 0 saturated carbocycles. The van der Waals surface area contributed by atoms with Crippen molar-refractivity contribution < 1.29 is 12.8 Å². The Labute approximate surface area is 161 Å².